The fourth-order valence-corrected chi connectivity index (χ4v) is 4.07. The first-order valence-electron chi connectivity index (χ1n) is 10.6. The largest absolute Gasteiger partial charge is 0.454 e. The topological polar surface area (TPSA) is 50.8 Å². The zero-order chi connectivity index (χ0) is 20.1. The van der Waals surface area contributed by atoms with Gasteiger partial charge in [0.2, 0.25) is 12.7 Å². The molecule has 0 spiro atoms. The molecule has 2 aliphatic rings. The van der Waals surface area contributed by atoms with Gasteiger partial charge in [0.1, 0.15) is 0 Å². The number of nitrogens with one attached hydrogen (secondary N) is 1. The van der Waals surface area contributed by atoms with Crippen molar-refractivity contribution in [3.8, 4) is 11.5 Å². The summed E-state index contributed by atoms with van der Waals surface area (Å²) in [5.41, 5.74) is 3.78. The Hall–Kier alpha value is -2.53. The van der Waals surface area contributed by atoms with Crippen molar-refractivity contribution < 1.29 is 14.3 Å². The predicted octanol–water partition coefficient (Wildman–Crippen LogP) is 3.68. The molecule has 1 fully saturated rings. The van der Waals surface area contributed by atoms with E-state index in [1.807, 2.05) is 18.2 Å². The maximum atomic E-state index is 12.3. The third-order valence-corrected chi connectivity index (χ3v) is 5.96. The van der Waals surface area contributed by atoms with E-state index < -0.39 is 0 Å². The number of rotatable bonds is 7. The number of aryl methyl sites for hydroxylation is 2. The molecule has 0 aliphatic carbocycles. The first kappa shape index (κ1) is 19.8. The number of carbonyl (C=O) groups excluding carboxylic acids is 1. The molecular formula is C24H30N2O3. The van der Waals surface area contributed by atoms with Crippen LogP contribution in [0.1, 0.15) is 36.0 Å². The summed E-state index contributed by atoms with van der Waals surface area (Å²) in [5.74, 6) is 2.37. The highest BCUT2D eigenvalue weighted by Gasteiger charge is 2.21. The molecule has 2 heterocycles. The first-order valence-corrected chi connectivity index (χ1v) is 10.6. The second kappa shape index (κ2) is 9.31. The summed E-state index contributed by atoms with van der Waals surface area (Å²) in [6.07, 6.45) is 4.76. The van der Waals surface area contributed by atoms with Crippen molar-refractivity contribution in [3.63, 3.8) is 0 Å². The van der Waals surface area contributed by atoms with Crippen LogP contribution in [0.5, 0.6) is 11.5 Å². The summed E-state index contributed by atoms with van der Waals surface area (Å²) >= 11 is 0. The molecule has 0 saturated carbocycles. The maximum Gasteiger partial charge on any atom is 0.234 e. The third kappa shape index (κ3) is 5.51. The number of nitrogens with zero attached hydrogens (tertiary/aromatic N) is 1. The lowest BCUT2D eigenvalue weighted by Crippen LogP contribution is -2.41. The van der Waals surface area contributed by atoms with Crippen LogP contribution in [0.25, 0.3) is 0 Å². The number of fused-ring (bicyclic) bond motifs is 1. The molecule has 2 aliphatic heterocycles. The Morgan fingerprint density at radius 2 is 1.76 bits per heavy atom. The van der Waals surface area contributed by atoms with E-state index in [2.05, 4.69) is 41.4 Å². The second-order valence-electron chi connectivity index (χ2n) is 8.21. The Morgan fingerprint density at radius 1 is 1.03 bits per heavy atom. The Bertz CT molecular complexity index is 827. The van der Waals surface area contributed by atoms with Gasteiger partial charge in [-0.3, -0.25) is 9.69 Å². The van der Waals surface area contributed by atoms with Crippen LogP contribution in [0.3, 0.4) is 0 Å². The number of benzene rings is 2. The highest BCUT2D eigenvalue weighted by atomic mass is 16.7. The van der Waals surface area contributed by atoms with Gasteiger partial charge in [-0.1, -0.05) is 35.9 Å². The normalized spacial score (nSPS) is 16.7. The number of hydrogen-bond donors (Lipinski definition) is 1. The van der Waals surface area contributed by atoms with Crippen LogP contribution in [-0.4, -0.2) is 37.2 Å². The van der Waals surface area contributed by atoms with Crippen molar-refractivity contribution >= 4 is 5.91 Å². The van der Waals surface area contributed by atoms with E-state index in [1.54, 1.807) is 0 Å². The average Bonchev–Trinajstić information content (AvgIpc) is 3.21. The highest BCUT2D eigenvalue weighted by Crippen LogP contribution is 2.32. The van der Waals surface area contributed by atoms with Crippen molar-refractivity contribution in [2.24, 2.45) is 5.92 Å². The van der Waals surface area contributed by atoms with Crippen LogP contribution >= 0.6 is 0 Å². The van der Waals surface area contributed by atoms with Gasteiger partial charge in [0, 0.05) is 6.54 Å². The molecule has 1 N–H and O–H groups in total. The van der Waals surface area contributed by atoms with Gasteiger partial charge in [0.05, 0.1) is 6.54 Å². The van der Waals surface area contributed by atoms with Crippen LogP contribution in [0.15, 0.2) is 42.5 Å². The molecule has 2 aromatic rings. The van der Waals surface area contributed by atoms with Crippen LogP contribution in [0.2, 0.25) is 0 Å². The summed E-state index contributed by atoms with van der Waals surface area (Å²) in [6.45, 7) is 5.42. The molecule has 0 atom stereocenters. The van der Waals surface area contributed by atoms with Gasteiger partial charge in [-0.2, -0.15) is 0 Å². The van der Waals surface area contributed by atoms with E-state index >= 15 is 0 Å². The lowest BCUT2D eigenvalue weighted by molar-refractivity contribution is -0.122. The summed E-state index contributed by atoms with van der Waals surface area (Å²) in [5, 5.41) is 3.02. The van der Waals surface area contributed by atoms with Gasteiger partial charge >= 0.3 is 0 Å². The monoisotopic (exact) mass is 394 g/mol. The Balaban J connectivity index is 1.14. The average molecular weight is 395 g/mol. The lowest BCUT2D eigenvalue weighted by Gasteiger charge is -2.31. The van der Waals surface area contributed by atoms with Crippen molar-refractivity contribution in [1.29, 1.82) is 0 Å². The minimum Gasteiger partial charge on any atom is -0.454 e. The Morgan fingerprint density at radius 3 is 2.55 bits per heavy atom. The molecule has 1 amide bonds. The van der Waals surface area contributed by atoms with Crippen LogP contribution in [0, 0.1) is 12.8 Å². The highest BCUT2D eigenvalue weighted by molar-refractivity contribution is 5.78. The number of ether oxygens (including phenoxy) is 2. The van der Waals surface area contributed by atoms with Gasteiger partial charge in [-0.05, 0) is 74.9 Å². The standard InChI is InChI=1S/C24H30N2O3/c1-18-2-4-19(5-3-18)6-7-20-10-12-26(13-11-20)16-24(27)25-15-21-8-9-22-23(14-21)29-17-28-22/h2-5,8-9,14,20H,6-7,10-13,15-17H2,1H3,(H,25,27). The summed E-state index contributed by atoms with van der Waals surface area (Å²) < 4.78 is 10.7. The van der Waals surface area contributed by atoms with E-state index in [0.717, 1.165) is 42.5 Å². The predicted molar refractivity (Wildman–Crippen MR) is 113 cm³/mol. The Labute approximate surface area is 173 Å². The fourth-order valence-electron chi connectivity index (χ4n) is 4.07. The second-order valence-corrected chi connectivity index (χ2v) is 8.21. The Kier molecular flexibility index (Phi) is 6.35. The van der Waals surface area contributed by atoms with Gasteiger partial charge in [0.15, 0.2) is 11.5 Å². The number of likely N-dealkylation sites (tertiary alicyclic amines) is 1. The van der Waals surface area contributed by atoms with Gasteiger partial charge < -0.3 is 14.8 Å². The fraction of sp³-hybridized carbons (Fsp3) is 0.458. The van der Waals surface area contributed by atoms with Crippen molar-refractivity contribution in [3.05, 3.63) is 59.2 Å². The zero-order valence-electron chi connectivity index (χ0n) is 17.2. The van der Waals surface area contributed by atoms with E-state index in [1.165, 1.54) is 30.4 Å². The lowest BCUT2D eigenvalue weighted by atomic mass is 9.90. The molecule has 29 heavy (non-hydrogen) atoms. The number of carbonyl (C=O) groups is 1. The van der Waals surface area contributed by atoms with Gasteiger partial charge in [-0.25, -0.2) is 0 Å². The maximum absolute atomic E-state index is 12.3. The van der Waals surface area contributed by atoms with Gasteiger partial charge in [-0.15, -0.1) is 0 Å². The summed E-state index contributed by atoms with van der Waals surface area (Å²) in [4.78, 5) is 14.6. The smallest absolute Gasteiger partial charge is 0.234 e. The molecule has 0 unspecified atom stereocenters. The molecule has 1 saturated heterocycles. The first-order chi connectivity index (χ1) is 14.2. The third-order valence-electron chi connectivity index (χ3n) is 5.96. The minimum atomic E-state index is 0.0840. The summed E-state index contributed by atoms with van der Waals surface area (Å²) in [6, 6.07) is 14.7. The summed E-state index contributed by atoms with van der Waals surface area (Å²) in [7, 11) is 0. The van der Waals surface area contributed by atoms with E-state index in [4.69, 9.17) is 9.47 Å². The van der Waals surface area contributed by atoms with Crippen LogP contribution in [-0.2, 0) is 17.8 Å². The molecule has 2 aromatic carbocycles. The van der Waals surface area contributed by atoms with Crippen molar-refractivity contribution in [2.75, 3.05) is 26.4 Å². The quantitative estimate of drug-likeness (QED) is 0.778. The number of hydrogen-bond acceptors (Lipinski definition) is 4. The molecule has 4 rings (SSSR count). The minimum absolute atomic E-state index is 0.0840. The number of piperidine rings is 1. The molecule has 5 nitrogen and oxygen atoms in total. The van der Waals surface area contributed by atoms with E-state index in [9.17, 15) is 4.79 Å². The molecule has 5 heteroatoms. The van der Waals surface area contributed by atoms with E-state index in [-0.39, 0.29) is 12.7 Å². The zero-order valence-corrected chi connectivity index (χ0v) is 17.2. The molecular weight excluding hydrogens is 364 g/mol. The number of amides is 1. The molecule has 0 aromatic heterocycles. The van der Waals surface area contributed by atoms with E-state index in [0.29, 0.717) is 13.1 Å². The van der Waals surface area contributed by atoms with Crippen molar-refractivity contribution in [2.45, 2.75) is 39.2 Å². The molecule has 0 bridgehead atoms. The molecule has 0 radical (unpaired) electrons. The van der Waals surface area contributed by atoms with Gasteiger partial charge in [0.25, 0.3) is 0 Å². The van der Waals surface area contributed by atoms with Crippen molar-refractivity contribution in [1.82, 2.24) is 10.2 Å². The molecule has 154 valence electrons. The SMILES string of the molecule is Cc1ccc(CCC2CCN(CC(=O)NCc3ccc4c(c3)OCO4)CC2)cc1. The van der Waals surface area contributed by atoms with Crippen LogP contribution in [0.4, 0.5) is 0 Å². The van der Waals surface area contributed by atoms with Crippen LogP contribution < -0.4 is 14.8 Å².